The molecule has 0 aromatic heterocycles. The number of methoxy groups -OCH3 is 2. The van der Waals surface area contributed by atoms with Crippen LogP contribution in [0, 0.1) is 3.57 Å². The Morgan fingerprint density at radius 3 is 2.42 bits per heavy atom. The van der Waals surface area contributed by atoms with Crippen LogP contribution >= 0.6 is 34.4 Å². The van der Waals surface area contributed by atoms with E-state index >= 15 is 0 Å². The van der Waals surface area contributed by atoms with Gasteiger partial charge in [0.25, 0.3) is 11.1 Å². The minimum Gasteiger partial charge on any atom is -0.496 e. The number of ether oxygens (including phenoxy) is 2. The lowest BCUT2D eigenvalue weighted by Crippen LogP contribution is -2.17. The van der Waals surface area contributed by atoms with Crippen LogP contribution in [0.5, 0.6) is 11.5 Å². The zero-order valence-corrected chi connectivity index (χ0v) is 13.1. The van der Waals surface area contributed by atoms with Gasteiger partial charge in [0.15, 0.2) is 0 Å². The van der Waals surface area contributed by atoms with Gasteiger partial charge in [-0.1, -0.05) is 0 Å². The molecule has 19 heavy (non-hydrogen) atoms. The molecule has 0 spiro atoms. The number of hydrogen-bond donors (Lipinski definition) is 1. The van der Waals surface area contributed by atoms with Crippen molar-refractivity contribution in [1.29, 1.82) is 0 Å². The minimum absolute atomic E-state index is 0.351. The molecule has 0 atom stereocenters. The molecule has 2 rings (SSSR count). The van der Waals surface area contributed by atoms with Gasteiger partial charge in [-0.05, 0) is 46.5 Å². The SMILES string of the molecule is COc1cc(OC)c(C=C2SC(=O)NC2=O)cc1I. The average Bonchev–Trinajstić information content (AvgIpc) is 2.68. The number of hydrogen-bond acceptors (Lipinski definition) is 5. The van der Waals surface area contributed by atoms with Crippen LogP contribution in [0.1, 0.15) is 5.56 Å². The molecule has 1 aromatic carbocycles. The van der Waals surface area contributed by atoms with Crippen molar-refractivity contribution in [1.82, 2.24) is 5.32 Å². The van der Waals surface area contributed by atoms with E-state index < -0.39 is 0 Å². The molecule has 0 saturated carbocycles. The van der Waals surface area contributed by atoms with Gasteiger partial charge in [0.05, 0.1) is 22.7 Å². The third kappa shape index (κ3) is 3.03. The highest BCUT2D eigenvalue weighted by molar-refractivity contribution is 14.1. The molecule has 0 radical (unpaired) electrons. The van der Waals surface area contributed by atoms with Gasteiger partial charge in [-0.15, -0.1) is 0 Å². The molecular formula is C12H10INO4S. The van der Waals surface area contributed by atoms with Crippen LogP contribution in [0.3, 0.4) is 0 Å². The predicted molar refractivity (Wildman–Crippen MR) is 81.4 cm³/mol. The maximum atomic E-state index is 11.5. The second-order valence-corrected chi connectivity index (χ2v) is 5.76. The van der Waals surface area contributed by atoms with Gasteiger partial charge in [0, 0.05) is 11.6 Å². The standard InChI is InChI=1S/C12H10INO4S/c1-17-8-5-9(18-2)7(13)3-6(8)4-10-11(15)14-12(16)19-10/h3-5H,1-2H3,(H,14,15,16). The van der Waals surface area contributed by atoms with Crippen molar-refractivity contribution < 1.29 is 19.1 Å². The Labute approximate surface area is 127 Å². The van der Waals surface area contributed by atoms with Crippen molar-refractivity contribution in [2.24, 2.45) is 0 Å². The number of benzene rings is 1. The third-order valence-electron chi connectivity index (χ3n) is 2.43. The summed E-state index contributed by atoms with van der Waals surface area (Å²) in [5.74, 6) is 0.889. The molecule has 0 unspecified atom stereocenters. The van der Waals surface area contributed by atoms with E-state index in [0.717, 1.165) is 20.9 Å². The Hall–Kier alpha value is -1.22. The van der Waals surface area contributed by atoms with E-state index in [1.165, 1.54) is 7.11 Å². The summed E-state index contributed by atoms with van der Waals surface area (Å²) in [5, 5.41) is 1.85. The van der Waals surface area contributed by atoms with E-state index in [0.29, 0.717) is 16.4 Å². The summed E-state index contributed by atoms with van der Waals surface area (Å²) in [6, 6.07) is 3.58. The number of halogens is 1. The molecule has 1 saturated heterocycles. The first kappa shape index (κ1) is 14.2. The highest BCUT2D eigenvalue weighted by Gasteiger charge is 2.25. The maximum absolute atomic E-state index is 11.5. The van der Waals surface area contributed by atoms with Gasteiger partial charge >= 0.3 is 0 Å². The van der Waals surface area contributed by atoms with Crippen molar-refractivity contribution in [3.63, 3.8) is 0 Å². The van der Waals surface area contributed by atoms with Crippen molar-refractivity contribution in [2.75, 3.05) is 14.2 Å². The number of imide groups is 1. The largest absolute Gasteiger partial charge is 0.496 e. The average molecular weight is 391 g/mol. The van der Waals surface area contributed by atoms with Crippen LogP contribution in [0.2, 0.25) is 0 Å². The summed E-state index contributed by atoms with van der Waals surface area (Å²) >= 11 is 3.01. The van der Waals surface area contributed by atoms with E-state index in [-0.39, 0.29) is 11.1 Å². The van der Waals surface area contributed by atoms with Gasteiger partial charge in [-0.2, -0.15) is 0 Å². The molecule has 100 valence electrons. The van der Waals surface area contributed by atoms with E-state index in [4.69, 9.17) is 9.47 Å². The van der Waals surface area contributed by atoms with E-state index in [1.54, 1.807) is 19.3 Å². The summed E-state index contributed by atoms with van der Waals surface area (Å²) < 4.78 is 11.4. The van der Waals surface area contributed by atoms with Crippen molar-refractivity contribution >= 4 is 51.6 Å². The monoisotopic (exact) mass is 391 g/mol. The fourth-order valence-corrected chi connectivity index (χ4v) is 2.94. The Morgan fingerprint density at radius 1 is 1.21 bits per heavy atom. The lowest BCUT2D eigenvalue weighted by molar-refractivity contribution is -0.115. The Kier molecular flexibility index (Phi) is 4.35. The fourth-order valence-electron chi connectivity index (χ4n) is 1.56. The molecule has 5 nitrogen and oxygen atoms in total. The van der Waals surface area contributed by atoms with E-state index in [9.17, 15) is 9.59 Å². The number of carbonyl (C=O) groups is 2. The van der Waals surface area contributed by atoms with Gasteiger partial charge in [0.1, 0.15) is 11.5 Å². The van der Waals surface area contributed by atoms with Gasteiger partial charge in [-0.3, -0.25) is 14.9 Å². The number of thioether (sulfide) groups is 1. The van der Waals surface area contributed by atoms with E-state index in [1.807, 2.05) is 6.07 Å². The third-order valence-corrected chi connectivity index (χ3v) is 4.09. The molecule has 1 N–H and O–H groups in total. The summed E-state index contributed by atoms with van der Waals surface area (Å²) in [6.07, 6.45) is 1.63. The molecule has 7 heteroatoms. The Bertz CT molecular complexity index is 585. The highest BCUT2D eigenvalue weighted by atomic mass is 127. The summed E-state index contributed by atoms with van der Waals surface area (Å²) in [4.78, 5) is 23.0. The first-order valence-corrected chi connectivity index (χ1v) is 7.11. The minimum atomic E-state index is -0.386. The zero-order chi connectivity index (χ0) is 14.0. The fraction of sp³-hybridized carbons (Fsp3) is 0.167. The van der Waals surface area contributed by atoms with Crippen LogP contribution < -0.4 is 14.8 Å². The Morgan fingerprint density at radius 2 is 1.89 bits per heavy atom. The van der Waals surface area contributed by atoms with Crippen molar-refractivity contribution in [3.8, 4) is 11.5 Å². The quantitative estimate of drug-likeness (QED) is 0.634. The van der Waals surface area contributed by atoms with Crippen LogP contribution in [-0.4, -0.2) is 25.4 Å². The molecule has 1 aliphatic heterocycles. The lowest BCUT2D eigenvalue weighted by Gasteiger charge is -2.10. The van der Waals surface area contributed by atoms with Crippen molar-refractivity contribution in [3.05, 3.63) is 26.2 Å². The van der Waals surface area contributed by atoms with Gasteiger partial charge in [0.2, 0.25) is 0 Å². The maximum Gasteiger partial charge on any atom is 0.290 e. The molecule has 1 aromatic rings. The van der Waals surface area contributed by atoms with Gasteiger partial charge in [-0.25, -0.2) is 0 Å². The predicted octanol–water partition coefficient (Wildman–Crippen LogP) is 2.63. The molecule has 2 amide bonds. The second kappa shape index (κ2) is 5.83. The van der Waals surface area contributed by atoms with Crippen LogP contribution in [-0.2, 0) is 4.79 Å². The number of nitrogens with one attached hydrogen (secondary N) is 1. The molecule has 1 heterocycles. The summed E-state index contributed by atoms with van der Waals surface area (Å²) in [5.41, 5.74) is 0.722. The normalized spacial score (nSPS) is 16.7. The summed E-state index contributed by atoms with van der Waals surface area (Å²) in [7, 11) is 3.12. The topological polar surface area (TPSA) is 64.6 Å². The Balaban J connectivity index is 2.45. The van der Waals surface area contributed by atoms with Gasteiger partial charge < -0.3 is 9.47 Å². The van der Waals surface area contributed by atoms with Crippen LogP contribution in [0.15, 0.2) is 17.0 Å². The van der Waals surface area contributed by atoms with E-state index in [2.05, 4.69) is 27.9 Å². The molecule has 1 fully saturated rings. The smallest absolute Gasteiger partial charge is 0.290 e. The first-order chi connectivity index (χ1) is 9.05. The summed E-state index contributed by atoms with van der Waals surface area (Å²) in [6.45, 7) is 0. The number of amides is 2. The van der Waals surface area contributed by atoms with Crippen LogP contribution in [0.4, 0.5) is 4.79 Å². The number of carbonyl (C=O) groups excluding carboxylic acids is 2. The number of rotatable bonds is 3. The second-order valence-electron chi connectivity index (χ2n) is 3.58. The van der Waals surface area contributed by atoms with Crippen molar-refractivity contribution in [2.45, 2.75) is 0 Å². The lowest BCUT2D eigenvalue weighted by atomic mass is 10.1. The first-order valence-electron chi connectivity index (χ1n) is 5.21. The highest BCUT2D eigenvalue weighted by Crippen LogP contribution is 2.34. The van der Waals surface area contributed by atoms with Crippen LogP contribution in [0.25, 0.3) is 6.08 Å². The molecule has 0 bridgehead atoms. The zero-order valence-electron chi connectivity index (χ0n) is 10.2. The molecule has 0 aliphatic carbocycles. The molecular weight excluding hydrogens is 381 g/mol. The molecule has 1 aliphatic rings.